The van der Waals surface area contributed by atoms with Crippen LogP contribution >= 0.6 is 0 Å². The lowest BCUT2D eigenvalue weighted by Crippen LogP contribution is -2.45. The van der Waals surface area contributed by atoms with Gasteiger partial charge in [-0.2, -0.15) is 0 Å². The molecule has 0 aliphatic carbocycles. The van der Waals surface area contributed by atoms with Gasteiger partial charge in [0.15, 0.2) is 9.84 Å². The van der Waals surface area contributed by atoms with Gasteiger partial charge < -0.3 is 10.6 Å². The fraction of sp³-hybridized carbons (Fsp3) is 0.429. The molecule has 0 unspecified atom stereocenters. The molecule has 114 valence electrons. The summed E-state index contributed by atoms with van der Waals surface area (Å²) in [5, 5.41) is 5.43. The lowest BCUT2D eigenvalue weighted by molar-refractivity contribution is -0.122. The summed E-state index contributed by atoms with van der Waals surface area (Å²) < 4.78 is 22.7. The Bertz CT molecular complexity index is 637. The van der Waals surface area contributed by atoms with E-state index in [-0.39, 0.29) is 16.7 Å². The predicted octanol–water partition coefficient (Wildman–Crippen LogP) is 0.489. The van der Waals surface area contributed by atoms with E-state index in [1.54, 1.807) is 0 Å². The third kappa shape index (κ3) is 4.04. The first-order chi connectivity index (χ1) is 9.88. The summed E-state index contributed by atoms with van der Waals surface area (Å²) in [5.41, 5.74) is 0.333. The minimum absolute atomic E-state index is 0.159. The van der Waals surface area contributed by atoms with Gasteiger partial charge in [0.25, 0.3) is 5.91 Å². The first-order valence-corrected chi connectivity index (χ1v) is 8.66. The number of hydrogen-bond acceptors (Lipinski definition) is 4. The fourth-order valence-corrected chi connectivity index (χ4v) is 2.80. The number of sulfone groups is 1. The normalized spacial score (nSPS) is 19.5. The van der Waals surface area contributed by atoms with Gasteiger partial charge in [0.05, 0.1) is 4.90 Å². The van der Waals surface area contributed by atoms with Crippen LogP contribution in [-0.2, 0) is 14.6 Å². The minimum atomic E-state index is -3.28. The number of benzene rings is 1. The SMILES string of the molecule is CS(=O)(=O)c1ccc(C(=O)N[C@@H]2CCCCNC2=O)cc1. The molecular weight excluding hydrogens is 292 g/mol. The summed E-state index contributed by atoms with van der Waals surface area (Å²) in [5.74, 6) is -0.550. The third-order valence-corrected chi connectivity index (χ3v) is 4.51. The standard InChI is InChI=1S/C14H18N2O4S/c1-21(19,20)11-7-5-10(6-8-11)13(17)16-12-4-2-3-9-15-14(12)18/h5-8,12H,2-4,9H2,1H3,(H,15,18)(H,16,17)/t12-/m1/s1. The van der Waals surface area contributed by atoms with Crippen molar-refractivity contribution in [2.24, 2.45) is 0 Å². The Balaban J connectivity index is 2.08. The summed E-state index contributed by atoms with van der Waals surface area (Å²) in [4.78, 5) is 24.0. The molecule has 1 fully saturated rings. The maximum atomic E-state index is 12.1. The van der Waals surface area contributed by atoms with Crippen molar-refractivity contribution in [1.29, 1.82) is 0 Å². The molecule has 2 rings (SSSR count). The van der Waals surface area contributed by atoms with Crippen molar-refractivity contribution < 1.29 is 18.0 Å². The van der Waals surface area contributed by atoms with Crippen LogP contribution < -0.4 is 10.6 Å². The van der Waals surface area contributed by atoms with Crippen LogP contribution in [0.1, 0.15) is 29.6 Å². The van der Waals surface area contributed by atoms with E-state index in [9.17, 15) is 18.0 Å². The van der Waals surface area contributed by atoms with Gasteiger partial charge in [0, 0.05) is 18.4 Å². The van der Waals surface area contributed by atoms with Crippen molar-refractivity contribution in [3.63, 3.8) is 0 Å². The summed E-state index contributed by atoms with van der Waals surface area (Å²) in [6, 6.07) is 5.13. The van der Waals surface area contributed by atoms with E-state index in [2.05, 4.69) is 10.6 Å². The molecule has 2 amide bonds. The molecule has 2 N–H and O–H groups in total. The maximum Gasteiger partial charge on any atom is 0.251 e. The summed E-state index contributed by atoms with van der Waals surface area (Å²) in [6.45, 7) is 0.633. The number of carbonyl (C=O) groups excluding carboxylic acids is 2. The van der Waals surface area contributed by atoms with Crippen LogP contribution in [0.15, 0.2) is 29.2 Å². The van der Waals surface area contributed by atoms with Crippen molar-refractivity contribution in [2.45, 2.75) is 30.2 Å². The van der Waals surface area contributed by atoms with Crippen LogP contribution in [0.5, 0.6) is 0 Å². The largest absolute Gasteiger partial charge is 0.354 e. The average molecular weight is 310 g/mol. The van der Waals surface area contributed by atoms with E-state index in [0.29, 0.717) is 18.5 Å². The Morgan fingerprint density at radius 1 is 1.24 bits per heavy atom. The molecule has 1 aromatic rings. The van der Waals surface area contributed by atoms with Crippen LogP contribution in [0.25, 0.3) is 0 Å². The van der Waals surface area contributed by atoms with E-state index < -0.39 is 15.9 Å². The number of hydrogen-bond donors (Lipinski definition) is 2. The molecule has 1 atom stereocenters. The van der Waals surface area contributed by atoms with Crippen molar-refractivity contribution in [2.75, 3.05) is 12.8 Å². The molecule has 7 heteroatoms. The highest BCUT2D eigenvalue weighted by Crippen LogP contribution is 2.11. The highest BCUT2D eigenvalue weighted by atomic mass is 32.2. The third-order valence-electron chi connectivity index (χ3n) is 3.39. The lowest BCUT2D eigenvalue weighted by Gasteiger charge is -2.15. The van der Waals surface area contributed by atoms with Gasteiger partial charge in [0.2, 0.25) is 5.91 Å². The molecule has 1 saturated heterocycles. The Hall–Kier alpha value is -1.89. The highest BCUT2D eigenvalue weighted by Gasteiger charge is 2.22. The monoisotopic (exact) mass is 310 g/mol. The summed E-state index contributed by atoms with van der Waals surface area (Å²) >= 11 is 0. The van der Waals surface area contributed by atoms with Gasteiger partial charge in [-0.15, -0.1) is 0 Å². The molecular formula is C14H18N2O4S. The van der Waals surface area contributed by atoms with Gasteiger partial charge in [0.1, 0.15) is 6.04 Å². The second-order valence-electron chi connectivity index (χ2n) is 5.11. The highest BCUT2D eigenvalue weighted by molar-refractivity contribution is 7.90. The second-order valence-corrected chi connectivity index (χ2v) is 7.13. The topological polar surface area (TPSA) is 92.3 Å². The molecule has 0 saturated carbocycles. The van der Waals surface area contributed by atoms with E-state index in [1.165, 1.54) is 24.3 Å². The number of nitrogens with one attached hydrogen (secondary N) is 2. The number of amides is 2. The zero-order chi connectivity index (χ0) is 15.5. The van der Waals surface area contributed by atoms with Gasteiger partial charge in [-0.1, -0.05) is 0 Å². The first-order valence-electron chi connectivity index (χ1n) is 6.76. The maximum absolute atomic E-state index is 12.1. The molecule has 0 spiro atoms. The fourth-order valence-electron chi connectivity index (χ4n) is 2.17. The quantitative estimate of drug-likeness (QED) is 0.850. The predicted molar refractivity (Wildman–Crippen MR) is 77.7 cm³/mol. The molecule has 6 nitrogen and oxygen atoms in total. The van der Waals surface area contributed by atoms with Crippen molar-refractivity contribution in [3.05, 3.63) is 29.8 Å². The zero-order valence-corrected chi connectivity index (χ0v) is 12.6. The molecule has 0 radical (unpaired) electrons. The summed E-state index contributed by atoms with van der Waals surface area (Å²) in [6.07, 6.45) is 3.49. The number of rotatable bonds is 3. The first kappa shape index (κ1) is 15.5. The molecule has 1 aromatic carbocycles. The van der Waals surface area contributed by atoms with Crippen LogP contribution in [0.3, 0.4) is 0 Å². The van der Waals surface area contributed by atoms with Gasteiger partial charge in [-0.25, -0.2) is 8.42 Å². The van der Waals surface area contributed by atoms with Crippen molar-refractivity contribution >= 4 is 21.7 Å². The zero-order valence-electron chi connectivity index (χ0n) is 11.8. The van der Waals surface area contributed by atoms with Crippen LogP contribution in [0.2, 0.25) is 0 Å². The Morgan fingerprint density at radius 3 is 2.52 bits per heavy atom. The molecule has 1 heterocycles. The van der Waals surface area contributed by atoms with E-state index in [0.717, 1.165) is 19.1 Å². The molecule has 1 aliphatic rings. The Labute approximate surface area is 123 Å². The Kier molecular flexibility index (Phi) is 4.62. The smallest absolute Gasteiger partial charge is 0.251 e. The van der Waals surface area contributed by atoms with E-state index in [1.807, 2.05) is 0 Å². The Morgan fingerprint density at radius 2 is 1.90 bits per heavy atom. The number of carbonyl (C=O) groups is 2. The van der Waals surface area contributed by atoms with E-state index >= 15 is 0 Å². The van der Waals surface area contributed by atoms with Crippen molar-refractivity contribution in [1.82, 2.24) is 10.6 Å². The van der Waals surface area contributed by atoms with Crippen LogP contribution in [-0.4, -0.2) is 39.1 Å². The molecule has 0 aromatic heterocycles. The van der Waals surface area contributed by atoms with Gasteiger partial charge >= 0.3 is 0 Å². The molecule has 1 aliphatic heterocycles. The average Bonchev–Trinajstić information content (AvgIpc) is 2.63. The van der Waals surface area contributed by atoms with Gasteiger partial charge in [-0.05, 0) is 43.5 Å². The van der Waals surface area contributed by atoms with Crippen LogP contribution in [0.4, 0.5) is 0 Å². The lowest BCUT2D eigenvalue weighted by atomic mass is 10.1. The van der Waals surface area contributed by atoms with E-state index in [4.69, 9.17) is 0 Å². The van der Waals surface area contributed by atoms with Crippen LogP contribution in [0, 0.1) is 0 Å². The molecule has 21 heavy (non-hydrogen) atoms. The summed E-state index contributed by atoms with van der Waals surface area (Å²) in [7, 11) is -3.28. The van der Waals surface area contributed by atoms with Gasteiger partial charge in [-0.3, -0.25) is 9.59 Å². The minimum Gasteiger partial charge on any atom is -0.354 e. The second kappa shape index (κ2) is 6.26. The van der Waals surface area contributed by atoms with Crippen molar-refractivity contribution in [3.8, 4) is 0 Å². The molecule has 0 bridgehead atoms.